The van der Waals surface area contributed by atoms with Crippen LogP contribution in [-0.2, 0) is 14.8 Å². The van der Waals surface area contributed by atoms with Gasteiger partial charge in [-0.3, -0.25) is 4.79 Å². The largest absolute Gasteiger partial charge is 0.326 e. The van der Waals surface area contributed by atoms with Gasteiger partial charge >= 0.3 is 6.03 Å². The summed E-state index contributed by atoms with van der Waals surface area (Å²) < 4.78 is 25.4. The Bertz CT molecular complexity index is 942. The van der Waals surface area contributed by atoms with Crippen LogP contribution in [0.4, 0.5) is 16.2 Å². The van der Waals surface area contributed by atoms with Crippen LogP contribution in [0, 0.1) is 5.92 Å². The molecule has 0 saturated carbocycles. The minimum Gasteiger partial charge on any atom is -0.326 e. The number of hydrogen-bond acceptors (Lipinski definition) is 4. The molecule has 0 radical (unpaired) electrons. The number of sulfonamides is 1. The SMILES string of the molecule is CC(C)[C@@H](NC(=O)Nc1ccccc1)C(=O)Nc1ccc(S(=O)(=O)N(C)C)cc1. The summed E-state index contributed by atoms with van der Waals surface area (Å²) in [6.07, 6.45) is 0. The number of carbonyl (C=O) groups is 2. The molecule has 9 heteroatoms. The lowest BCUT2D eigenvalue weighted by molar-refractivity contribution is -0.118. The van der Waals surface area contributed by atoms with Crippen molar-refractivity contribution in [1.82, 2.24) is 9.62 Å². The number of nitrogens with one attached hydrogen (secondary N) is 3. The first-order valence-corrected chi connectivity index (χ1v) is 10.5. The average molecular weight is 419 g/mol. The van der Waals surface area contributed by atoms with Crippen molar-refractivity contribution in [1.29, 1.82) is 0 Å². The molecular formula is C20H26N4O4S. The highest BCUT2D eigenvalue weighted by atomic mass is 32.2. The molecule has 3 N–H and O–H groups in total. The molecular weight excluding hydrogens is 392 g/mol. The van der Waals surface area contributed by atoms with Gasteiger partial charge in [-0.15, -0.1) is 0 Å². The number of hydrogen-bond donors (Lipinski definition) is 3. The maximum Gasteiger partial charge on any atom is 0.319 e. The molecule has 0 fully saturated rings. The van der Waals surface area contributed by atoms with Gasteiger partial charge in [-0.05, 0) is 42.3 Å². The van der Waals surface area contributed by atoms with Gasteiger partial charge in [-0.2, -0.15) is 0 Å². The maximum absolute atomic E-state index is 12.7. The molecule has 3 amide bonds. The topological polar surface area (TPSA) is 108 Å². The molecule has 8 nitrogen and oxygen atoms in total. The zero-order valence-electron chi connectivity index (χ0n) is 16.8. The Labute approximate surface area is 171 Å². The number of para-hydroxylation sites is 1. The molecule has 0 aliphatic rings. The van der Waals surface area contributed by atoms with E-state index in [2.05, 4.69) is 16.0 Å². The van der Waals surface area contributed by atoms with Gasteiger partial charge in [0.2, 0.25) is 15.9 Å². The lowest BCUT2D eigenvalue weighted by Gasteiger charge is -2.22. The normalized spacial score (nSPS) is 12.5. The number of carbonyl (C=O) groups excluding carboxylic acids is 2. The summed E-state index contributed by atoms with van der Waals surface area (Å²) in [7, 11) is -0.645. The summed E-state index contributed by atoms with van der Waals surface area (Å²) in [5.41, 5.74) is 1.05. The van der Waals surface area contributed by atoms with E-state index in [1.165, 1.54) is 38.4 Å². The van der Waals surface area contributed by atoms with Crippen molar-refractivity contribution in [2.24, 2.45) is 5.92 Å². The van der Waals surface area contributed by atoms with Crippen LogP contribution < -0.4 is 16.0 Å². The van der Waals surface area contributed by atoms with Crippen molar-refractivity contribution in [3.8, 4) is 0 Å². The van der Waals surface area contributed by atoms with Crippen LogP contribution in [0.25, 0.3) is 0 Å². The molecule has 0 saturated heterocycles. The van der Waals surface area contributed by atoms with Gasteiger partial charge in [0.15, 0.2) is 0 Å². The summed E-state index contributed by atoms with van der Waals surface area (Å²) >= 11 is 0. The highest BCUT2D eigenvalue weighted by Gasteiger charge is 2.24. The first-order valence-electron chi connectivity index (χ1n) is 9.07. The molecule has 0 aromatic heterocycles. The second-order valence-corrected chi connectivity index (χ2v) is 9.14. The van der Waals surface area contributed by atoms with Crippen molar-refractivity contribution < 1.29 is 18.0 Å². The van der Waals surface area contributed by atoms with Crippen molar-refractivity contribution >= 4 is 33.3 Å². The zero-order valence-corrected chi connectivity index (χ0v) is 17.7. The highest BCUT2D eigenvalue weighted by molar-refractivity contribution is 7.89. The fraction of sp³-hybridized carbons (Fsp3) is 0.300. The van der Waals surface area contributed by atoms with E-state index in [1.807, 2.05) is 19.9 Å². The molecule has 1 atom stereocenters. The number of nitrogens with zero attached hydrogens (tertiary/aromatic N) is 1. The minimum absolute atomic E-state index is 0.126. The smallest absolute Gasteiger partial charge is 0.319 e. The van der Waals surface area contributed by atoms with Gasteiger partial charge in [-0.25, -0.2) is 17.5 Å². The van der Waals surface area contributed by atoms with E-state index in [1.54, 1.807) is 24.3 Å². The van der Waals surface area contributed by atoms with Gasteiger partial charge in [0.05, 0.1) is 4.90 Å². The summed E-state index contributed by atoms with van der Waals surface area (Å²) in [6, 6.07) is 13.5. The van der Waals surface area contributed by atoms with Crippen LogP contribution in [0.5, 0.6) is 0 Å². The van der Waals surface area contributed by atoms with E-state index < -0.39 is 28.0 Å². The predicted octanol–water partition coefficient (Wildman–Crippen LogP) is 2.72. The molecule has 156 valence electrons. The summed E-state index contributed by atoms with van der Waals surface area (Å²) in [5, 5.41) is 8.06. The van der Waals surface area contributed by atoms with Crippen LogP contribution in [0.15, 0.2) is 59.5 Å². The lowest BCUT2D eigenvalue weighted by Crippen LogP contribution is -2.48. The van der Waals surface area contributed by atoms with Crippen LogP contribution in [0.2, 0.25) is 0 Å². The molecule has 29 heavy (non-hydrogen) atoms. The first-order chi connectivity index (χ1) is 13.6. The number of benzene rings is 2. The molecule has 0 aliphatic heterocycles. The molecule has 2 aromatic rings. The Morgan fingerprint density at radius 3 is 1.93 bits per heavy atom. The van der Waals surface area contributed by atoms with Gasteiger partial charge in [0.1, 0.15) is 6.04 Å². The van der Waals surface area contributed by atoms with Gasteiger partial charge in [0, 0.05) is 25.5 Å². The molecule has 0 heterocycles. The lowest BCUT2D eigenvalue weighted by atomic mass is 10.0. The second kappa shape index (κ2) is 9.53. The summed E-state index contributed by atoms with van der Waals surface area (Å²) in [6.45, 7) is 3.64. The van der Waals surface area contributed by atoms with E-state index in [-0.39, 0.29) is 10.8 Å². The number of rotatable bonds is 7. The van der Waals surface area contributed by atoms with E-state index in [0.29, 0.717) is 11.4 Å². The highest BCUT2D eigenvalue weighted by Crippen LogP contribution is 2.17. The van der Waals surface area contributed by atoms with Gasteiger partial charge < -0.3 is 16.0 Å². The van der Waals surface area contributed by atoms with Gasteiger partial charge in [0.25, 0.3) is 0 Å². The maximum atomic E-state index is 12.7. The van der Waals surface area contributed by atoms with Crippen LogP contribution >= 0.6 is 0 Å². The zero-order chi connectivity index (χ0) is 21.6. The fourth-order valence-electron chi connectivity index (χ4n) is 2.51. The van der Waals surface area contributed by atoms with Crippen LogP contribution in [0.3, 0.4) is 0 Å². The first kappa shape index (κ1) is 22.4. The number of amides is 3. The Morgan fingerprint density at radius 2 is 1.41 bits per heavy atom. The quantitative estimate of drug-likeness (QED) is 0.642. The Kier molecular flexibility index (Phi) is 7.35. The van der Waals surface area contributed by atoms with E-state index in [0.717, 1.165) is 4.31 Å². The summed E-state index contributed by atoms with van der Waals surface area (Å²) in [5.74, 6) is -0.559. The van der Waals surface area contributed by atoms with Gasteiger partial charge in [-0.1, -0.05) is 32.0 Å². The standard InChI is InChI=1S/C20H26N4O4S/c1-14(2)18(23-20(26)22-15-8-6-5-7-9-15)19(25)21-16-10-12-17(13-11-16)29(27,28)24(3)4/h5-14,18H,1-4H3,(H,21,25)(H2,22,23,26)/t18-/m1/s1. The van der Waals surface area contributed by atoms with Crippen LogP contribution in [0.1, 0.15) is 13.8 Å². The second-order valence-electron chi connectivity index (χ2n) is 6.99. The third-order valence-electron chi connectivity index (χ3n) is 4.17. The van der Waals surface area contributed by atoms with Crippen molar-refractivity contribution in [3.05, 3.63) is 54.6 Å². The molecule has 0 unspecified atom stereocenters. The fourth-order valence-corrected chi connectivity index (χ4v) is 3.41. The van der Waals surface area contributed by atoms with E-state index >= 15 is 0 Å². The van der Waals surface area contributed by atoms with E-state index in [4.69, 9.17) is 0 Å². The van der Waals surface area contributed by atoms with Crippen LogP contribution in [-0.4, -0.2) is 44.8 Å². The molecule has 2 rings (SSSR count). The average Bonchev–Trinajstić information content (AvgIpc) is 2.67. The number of urea groups is 1. The molecule has 0 aliphatic carbocycles. The molecule has 0 spiro atoms. The Balaban J connectivity index is 2.05. The summed E-state index contributed by atoms with van der Waals surface area (Å²) in [4.78, 5) is 25.0. The monoisotopic (exact) mass is 418 g/mol. The van der Waals surface area contributed by atoms with Crippen molar-refractivity contribution in [2.75, 3.05) is 24.7 Å². The third-order valence-corrected chi connectivity index (χ3v) is 6.00. The molecule has 2 aromatic carbocycles. The van der Waals surface area contributed by atoms with E-state index in [9.17, 15) is 18.0 Å². The third kappa shape index (κ3) is 6.03. The Hall–Kier alpha value is -2.91. The Morgan fingerprint density at radius 1 is 0.862 bits per heavy atom. The van der Waals surface area contributed by atoms with Crippen molar-refractivity contribution in [2.45, 2.75) is 24.8 Å². The van der Waals surface area contributed by atoms with Crippen molar-refractivity contribution in [3.63, 3.8) is 0 Å². The predicted molar refractivity (Wildman–Crippen MR) is 113 cm³/mol. The minimum atomic E-state index is -3.54. The number of anilines is 2. The molecule has 0 bridgehead atoms.